The van der Waals surface area contributed by atoms with Crippen LogP contribution in [0.15, 0.2) is 67.4 Å². The first-order valence-corrected chi connectivity index (χ1v) is 14.0. The van der Waals surface area contributed by atoms with E-state index in [1.165, 1.54) is 23.1 Å². The number of ketones is 1. The summed E-state index contributed by atoms with van der Waals surface area (Å²) in [4.78, 5) is 12.4. The number of aromatic nitrogens is 1. The van der Waals surface area contributed by atoms with Gasteiger partial charge >= 0.3 is 0 Å². The minimum atomic E-state index is 0.284. The van der Waals surface area contributed by atoms with Gasteiger partial charge in [-0.05, 0) is 88.4 Å². The molecule has 4 heteroatoms. The Morgan fingerprint density at radius 1 is 1.08 bits per heavy atom. The lowest BCUT2D eigenvalue weighted by molar-refractivity contribution is 0.0969. The molecule has 2 aromatic carbocycles. The molecule has 3 aromatic rings. The maximum atomic E-state index is 12.4. The molecule has 1 fully saturated rings. The van der Waals surface area contributed by atoms with Crippen LogP contribution < -0.4 is 5.32 Å². The van der Waals surface area contributed by atoms with Crippen molar-refractivity contribution >= 4 is 33.9 Å². The van der Waals surface area contributed by atoms with Crippen molar-refractivity contribution in [3.05, 3.63) is 89.1 Å². The molecule has 1 saturated carbocycles. The number of hydrogen-bond acceptors (Lipinski definition) is 2. The molecule has 1 N–H and O–H groups in total. The first-order chi connectivity index (χ1) is 17.7. The fraction of sp³-hybridized carbons (Fsp3) is 0.424. The van der Waals surface area contributed by atoms with Gasteiger partial charge in [0, 0.05) is 34.6 Å². The molecule has 1 aliphatic carbocycles. The summed E-state index contributed by atoms with van der Waals surface area (Å²) in [5, 5.41) is 5.07. The summed E-state index contributed by atoms with van der Waals surface area (Å²) in [5.41, 5.74) is 6.91. The summed E-state index contributed by atoms with van der Waals surface area (Å²) in [5.74, 6) is 0.625. The third-order valence-electron chi connectivity index (χ3n) is 6.25. The first kappa shape index (κ1) is 30.6. The van der Waals surface area contributed by atoms with Crippen molar-refractivity contribution in [3.63, 3.8) is 0 Å². The minimum Gasteiger partial charge on any atom is -0.346 e. The molecule has 37 heavy (non-hydrogen) atoms. The third kappa shape index (κ3) is 9.64. The second kappa shape index (κ2) is 15.6. The third-order valence-corrected chi connectivity index (χ3v) is 6.50. The molecular formula is C33H45ClN2O. The van der Waals surface area contributed by atoms with Gasteiger partial charge < -0.3 is 9.88 Å². The first-order valence-electron chi connectivity index (χ1n) is 13.6. The van der Waals surface area contributed by atoms with Gasteiger partial charge in [-0.1, -0.05) is 74.4 Å². The van der Waals surface area contributed by atoms with Crippen LogP contribution in [0.25, 0.3) is 16.5 Å². The van der Waals surface area contributed by atoms with Gasteiger partial charge in [-0.3, -0.25) is 4.79 Å². The Balaban J connectivity index is 0.000000248. The summed E-state index contributed by atoms with van der Waals surface area (Å²) in [6, 6.07) is 14.1. The number of aryl methyl sites for hydroxylation is 2. The maximum absolute atomic E-state index is 12.4. The van der Waals surface area contributed by atoms with Gasteiger partial charge in [-0.25, -0.2) is 0 Å². The predicted octanol–water partition coefficient (Wildman–Crippen LogP) is 9.28. The Morgan fingerprint density at radius 3 is 2.30 bits per heavy atom. The van der Waals surface area contributed by atoms with Crippen molar-refractivity contribution in [3.8, 4) is 0 Å². The topological polar surface area (TPSA) is 34.0 Å². The second-order valence-electron chi connectivity index (χ2n) is 10.1. The van der Waals surface area contributed by atoms with E-state index in [0.717, 1.165) is 72.3 Å². The van der Waals surface area contributed by atoms with E-state index in [1.807, 2.05) is 38.2 Å². The van der Waals surface area contributed by atoms with Gasteiger partial charge in [0.2, 0.25) is 0 Å². The van der Waals surface area contributed by atoms with Crippen molar-refractivity contribution < 1.29 is 4.79 Å². The molecule has 0 atom stereocenters. The summed E-state index contributed by atoms with van der Waals surface area (Å²) in [6.07, 6.45) is 8.51. The zero-order valence-electron chi connectivity index (χ0n) is 23.5. The highest BCUT2D eigenvalue weighted by Gasteiger charge is 2.32. The number of carbonyl (C=O) groups is 1. The van der Waals surface area contributed by atoms with E-state index in [1.54, 1.807) is 0 Å². The summed E-state index contributed by atoms with van der Waals surface area (Å²) < 4.78 is 2.26. The zero-order chi connectivity index (χ0) is 27.4. The Kier molecular flexibility index (Phi) is 12.9. The average Bonchev–Trinajstić information content (AvgIpc) is 3.65. The van der Waals surface area contributed by atoms with Crippen LogP contribution in [0.4, 0.5) is 0 Å². The van der Waals surface area contributed by atoms with Crippen molar-refractivity contribution in [2.24, 2.45) is 5.92 Å². The van der Waals surface area contributed by atoms with Crippen LogP contribution in [-0.2, 0) is 6.54 Å². The number of allylic oxidation sites excluding steroid dienone is 2. The summed E-state index contributed by atoms with van der Waals surface area (Å²) >= 11 is 5.80. The number of halogens is 1. The Morgan fingerprint density at radius 2 is 1.73 bits per heavy atom. The van der Waals surface area contributed by atoms with Gasteiger partial charge in [0.1, 0.15) is 0 Å². The quantitative estimate of drug-likeness (QED) is 0.164. The zero-order valence-corrected chi connectivity index (χ0v) is 24.3. The second-order valence-corrected chi connectivity index (χ2v) is 10.5. The number of Topliss-reactive ketones (excluding diaryl/α,β-unsaturated/α-hetero) is 1. The molecule has 0 saturated heterocycles. The number of nitrogens with one attached hydrogen (secondary N) is 1. The number of hydrogen-bond donors (Lipinski definition) is 1. The van der Waals surface area contributed by atoms with E-state index < -0.39 is 0 Å². The lowest BCUT2D eigenvalue weighted by Crippen LogP contribution is -2.10. The molecular weight excluding hydrogens is 476 g/mol. The summed E-state index contributed by atoms with van der Waals surface area (Å²) in [7, 11) is 1.97. The van der Waals surface area contributed by atoms with Gasteiger partial charge in [0.25, 0.3) is 0 Å². The molecule has 0 radical (unpaired) electrons. The van der Waals surface area contributed by atoms with Crippen molar-refractivity contribution in [1.82, 2.24) is 9.88 Å². The highest BCUT2D eigenvalue weighted by molar-refractivity contribution is 6.30. The average molecular weight is 521 g/mol. The predicted molar refractivity (Wildman–Crippen MR) is 163 cm³/mol. The molecule has 0 bridgehead atoms. The number of benzene rings is 2. The van der Waals surface area contributed by atoms with E-state index in [9.17, 15) is 4.79 Å². The van der Waals surface area contributed by atoms with Crippen molar-refractivity contribution in [1.29, 1.82) is 0 Å². The van der Waals surface area contributed by atoms with E-state index in [0.29, 0.717) is 5.78 Å². The van der Waals surface area contributed by atoms with E-state index in [4.69, 9.17) is 11.6 Å². The van der Waals surface area contributed by atoms with Crippen molar-refractivity contribution in [2.45, 2.75) is 72.8 Å². The van der Waals surface area contributed by atoms with Gasteiger partial charge in [0.15, 0.2) is 5.78 Å². The van der Waals surface area contributed by atoms with Crippen LogP contribution in [0.1, 0.15) is 80.8 Å². The van der Waals surface area contributed by atoms with Crippen LogP contribution in [0.3, 0.4) is 0 Å². The molecule has 1 aliphatic rings. The normalized spacial score (nSPS) is 12.3. The molecule has 0 spiro atoms. The molecule has 0 amide bonds. The number of rotatable bonds is 10. The lowest BCUT2D eigenvalue weighted by Gasteiger charge is -2.06. The molecule has 0 aliphatic heterocycles. The highest BCUT2D eigenvalue weighted by atomic mass is 35.5. The van der Waals surface area contributed by atoms with E-state index in [2.05, 4.69) is 68.2 Å². The van der Waals surface area contributed by atoms with Crippen LogP contribution in [0.5, 0.6) is 0 Å². The van der Waals surface area contributed by atoms with Gasteiger partial charge in [0.05, 0.1) is 5.52 Å². The standard InChI is InChI=1S/C17H22N2O.C13H15Cl.C3H8/c1-12-5-3-6-14-15(17(20)13-7-8-13)11-19(16(12)14)10-4-9-18-2;1-10(2)4-5-11(3)12-6-8-13(14)9-7-12;1-3-2/h3,5-6,11,13,18H,4,7-10H2,1-2H3;6-9H,1,3-5H2,2H3;3H2,1-2H3. The van der Waals surface area contributed by atoms with Crippen LogP contribution in [0.2, 0.25) is 5.02 Å². The van der Waals surface area contributed by atoms with Crippen molar-refractivity contribution in [2.75, 3.05) is 13.6 Å². The monoisotopic (exact) mass is 520 g/mol. The molecule has 0 unspecified atom stereocenters. The Hall–Kier alpha value is -2.62. The fourth-order valence-corrected chi connectivity index (χ4v) is 4.23. The number of para-hydroxylation sites is 1. The molecule has 1 aromatic heterocycles. The van der Waals surface area contributed by atoms with E-state index in [-0.39, 0.29) is 5.92 Å². The molecule has 200 valence electrons. The SMILES string of the molecule is C=C(C)CCC(=C)c1ccc(Cl)cc1.CCC.CNCCCn1cc(C(=O)C2CC2)c2cccc(C)c21. The number of fused-ring (bicyclic) bond motifs is 1. The molecule has 4 rings (SSSR count). The maximum Gasteiger partial charge on any atom is 0.168 e. The smallest absolute Gasteiger partial charge is 0.168 e. The molecule has 1 heterocycles. The lowest BCUT2D eigenvalue weighted by atomic mass is 10.0. The highest BCUT2D eigenvalue weighted by Crippen LogP contribution is 2.36. The van der Waals surface area contributed by atoms with Crippen LogP contribution in [-0.4, -0.2) is 23.9 Å². The minimum absolute atomic E-state index is 0.284. The summed E-state index contributed by atoms with van der Waals surface area (Å²) in [6.45, 7) is 18.3. The molecule has 3 nitrogen and oxygen atoms in total. The Labute approximate surface area is 229 Å². The largest absolute Gasteiger partial charge is 0.346 e. The van der Waals surface area contributed by atoms with Crippen LogP contribution >= 0.6 is 11.6 Å². The van der Waals surface area contributed by atoms with Gasteiger partial charge in [-0.15, -0.1) is 6.58 Å². The van der Waals surface area contributed by atoms with E-state index >= 15 is 0 Å². The van der Waals surface area contributed by atoms with Gasteiger partial charge in [-0.2, -0.15) is 0 Å². The Bertz CT molecular complexity index is 1170. The number of carbonyl (C=O) groups excluding carboxylic acids is 1. The number of nitrogens with zero attached hydrogens (tertiary/aromatic N) is 1. The fourth-order valence-electron chi connectivity index (χ4n) is 4.11. The van der Waals surface area contributed by atoms with Crippen LogP contribution in [0, 0.1) is 12.8 Å².